The predicted octanol–water partition coefficient (Wildman–Crippen LogP) is 2.17. The largest absolute Gasteiger partial charge is 0.355 e. The highest BCUT2D eigenvalue weighted by molar-refractivity contribution is 5.79. The smallest absolute Gasteiger partial charge is 0.224 e. The van der Waals surface area contributed by atoms with E-state index in [4.69, 9.17) is 0 Å². The van der Waals surface area contributed by atoms with Gasteiger partial charge in [-0.2, -0.15) is 0 Å². The van der Waals surface area contributed by atoms with Crippen molar-refractivity contribution < 1.29 is 9.18 Å². The van der Waals surface area contributed by atoms with Crippen molar-refractivity contribution in [1.82, 2.24) is 10.2 Å². The molecule has 1 N–H and O–H groups in total. The second-order valence-corrected chi connectivity index (χ2v) is 6.36. The molecule has 3 nitrogen and oxygen atoms in total. The maximum atomic E-state index is 13.0. The molecule has 20 heavy (non-hydrogen) atoms. The fourth-order valence-corrected chi connectivity index (χ4v) is 2.60. The number of amides is 1. The van der Waals surface area contributed by atoms with Crippen LogP contribution in [0, 0.1) is 11.7 Å². The summed E-state index contributed by atoms with van der Waals surface area (Å²) in [5, 5.41) is 3.04. The summed E-state index contributed by atoms with van der Waals surface area (Å²) in [6.07, 6.45) is 0.930. The highest BCUT2D eigenvalue weighted by atomic mass is 19.1. The Hall–Kier alpha value is -1.42. The van der Waals surface area contributed by atoms with Crippen molar-refractivity contribution >= 4 is 5.91 Å². The molecule has 0 aromatic heterocycles. The molecule has 1 aliphatic rings. The normalized spacial score (nSPS) is 20.1. The van der Waals surface area contributed by atoms with Crippen LogP contribution in [0.1, 0.15) is 25.8 Å². The first kappa shape index (κ1) is 15.0. The summed E-state index contributed by atoms with van der Waals surface area (Å²) >= 11 is 0. The van der Waals surface area contributed by atoms with E-state index in [1.54, 1.807) is 12.1 Å². The van der Waals surface area contributed by atoms with Crippen LogP contribution in [-0.2, 0) is 10.2 Å². The van der Waals surface area contributed by atoms with E-state index >= 15 is 0 Å². The number of halogens is 1. The molecule has 1 heterocycles. The maximum Gasteiger partial charge on any atom is 0.224 e. The van der Waals surface area contributed by atoms with Crippen molar-refractivity contribution in [2.24, 2.45) is 5.92 Å². The van der Waals surface area contributed by atoms with Gasteiger partial charge in [-0.1, -0.05) is 26.0 Å². The van der Waals surface area contributed by atoms with Crippen LogP contribution in [0.4, 0.5) is 4.39 Å². The van der Waals surface area contributed by atoms with E-state index < -0.39 is 0 Å². The molecule has 0 spiro atoms. The van der Waals surface area contributed by atoms with Crippen molar-refractivity contribution in [3.8, 4) is 0 Å². The Morgan fingerprint density at radius 3 is 2.60 bits per heavy atom. The molecule has 0 aliphatic carbocycles. The first-order chi connectivity index (χ1) is 9.38. The molecule has 0 radical (unpaired) electrons. The summed E-state index contributed by atoms with van der Waals surface area (Å²) in [4.78, 5) is 14.3. The molecule has 1 aliphatic heterocycles. The Balaban J connectivity index is 1.91. The van der Waals surface area contributed by atoms with E-state index in [9.17, 15) is 9.18 Å². The van der Waals surface area contributed by atoms with Crippen LogP contribution in [0.5, 0.6) is 0 Å². The number of carbonyl (C=O) groups is 1. The zero-order valence-corrected chi connectivity index (χ0v) is 12.4. The zero-order chi connectivity index (χ0) is 14.8. The molecule has 1 atom stereocenters. The second-order valence-electron chi connectivity index (χ2n) is 6.36. The molecule has 1 saturated heterocycles. The van der Waals surface area contributed by atoms with Crippen LogP contribution in [-0.4, -0.2) is 37.5 Å². The molecular formula is C16H23FN2O. The van der Waals surface area contributed by atoms with Crippen molar-refractivity contribution in [2.45, 2.75) is 25.7 Å². The SMILES string of the molecule is CN1CCC(C(=O)NCC(C)(C)c2ccc(F)cc2)C1. The van der Waals surface area contributed by atoms with E-state index in [1.165, 1.54) is 12.1 Å². The van der Waals surface area contributed by atoms with Crippen LogP contribution in [0.3, 0.4) is 0 Å². The topological polar surface area (TPSA) is 32.3 Å². The van der Waals surface area contributed by atoms with Crippen molar-refractivity contribution in [1.29, 1.82) is 0 Å². The minimum atomic E-state index is -0.234. The van der Waals surface area contributed by atoms with Gasteiger partial charge in [-0.3, -0.25) is 4.79 Å². The van der Waals surface area contributed by atoms with Crippen LogP contribution >= 0.6 is 0 Å². The van der Waals surface area contributed by atoms with Crippen LogP contribution in [0.15, 0.2) is 24.3 Å². The Labute approximate surface area is 120 Å². The minimum absolute atomic E-state index is 0.101. The Morgan fingerprint density at radius 1 is 1.40 bits per heavy atom. The van der Waals surface area contributed by atoms with E-state index in [-0.39, 0.29) is 23.1 Å². The lowest BCUT2D eigenvalue weighted by Gasteiger charge is -2.26. The Bertz CT molecular complexity index is 470. The number of carbonyl (C=O) groups excluding carboxylic acids is 1. The van der Waals surface area contributed by atoms with Gasteiger partial charge in [-0.05, 0) is 37.7 Å². The lowest BCUT2D eigenvalue weighted by Crippen LogP contribution is -2.40. The molecule has 1 aromatic carbocycles. The molecular weight excluding hydrogens is 255 g/mol. The summed E-state index contributed by atoms with van der Waals surface area (Å²) in [6.45, 7) is 6.50. The quantitative estimate of drug-likeness (QED) is 0.915. The third kappa shape index (κ3) is 3.57. The third-order valence-electron chi connectivity index (χ3n) is 4.09. The first-order valence-electron chi connectivity index (χ1n) is 7.11. The van der Waals surface area contributed by atoms with Crippen LogP contribution < -0.4 is 5.32 Å². The van der Waals surface area contributed by atoms with Gasteiger partial charge in [0, 0.05) is 18.5 Å². The van der Waals surface area contributed by atoms with E-state index in [0.29, 0.717) is 6.54 Å². The molecule has 1 unspecified atom stereocenters. The maximum absolute atomic E-state index is 13.0. The van der Waals surface area contributed by atoms with Crippen molar-refractivity contribution in [3.05, 3.63) is 35.6 Å². The van der Waals surface area contributed by atoms with Gasteiger partial charge >= 0.3 is 0 Å². The number of hydrogen-bond acceptors (Lipinski definition) is 2. The number of nitrogens with one attached hydrogen (secondary N) is 1. The van der Waals surface area contributed by atoms with Gasteiger partial charge in [0.05, 0.1) is 5.92 Å². The summed E-state index contributed by atoms with van der Waals surface area (Å²) in [7, 11) is 2.04. The average molecular weight is 278 g/mol. The van der Waals surface area contributed by atoms with Gasteiger partial charge in [0.15, 0.2) is 0 Å². The third-order valence-corrected chi connectivity index (χ3v) is 4.09. The first-order valence-corrected chi connectivity index (χ1v) is 7.11. The molecule has 1 amide bonds. The van der Waals surface area contributed by atoms with Crippen LogP contribution in [0.2, 0.25) is 0 Å². The molecule has 110 valence electrons. The van der Waals surface area contributed by atoms with Gasteiger partial charge < -0.3 is 10.2 Å². The zero-order valence-electron chi connectivity index (χ0n) is 12.4. The van der Waals surface area contributed by atoms with E-state index in [2.05, 4.69) is 24.1 Å². The predicted molar refractivity (Wildman–Crippen MR) is 78.0 cm³/mol. The Morgan fingerprint density at radius 2 is 2.05 bits per heavy atom. The van der Waals surface area contributed by atoms with Crippen molar-refractivity contribution in [3.63, 3.8) is 0 Å². The number of nitrogens with zero attached hydrogens (tertiary/aromatic N) is 1. The monoisotopic (exact) mass is 278 g/mol. The lowest BCUT2D eigenvalue weighted by molar-refractivity contribution is -0.124. The van der Waals surface area contributed by atoms with Gasteiger partial charge in [0.25, 0.3) is 0 Å². The number of likely N-dealkylation sites (tertiary alicyclic amines) is 1. The number of rotatable bonds is 4. The van der Waals surface area contributed by atoms with Gasteiger partial charge in [0.1, 0.15) is 5.82 Å². The molecule has 0 saturated carbocycles. The number of hydrogen-bond donors (Lipinski definition) is 1. The summed E-state index contributed by atoms with van der Waals surface area (Å²) in [5.41, 5.74) is 0.830. The van der Waals surface area contributed by atoms with E-state index in [1.807, 2.05) is 7.05 Å². The minimum Gasteiger partial charge on any atom is -0.355 e. The second kappa shape index (κ2) is 5.92. The van der Waals surface area contributed by atoms with Gasteiger partial charge in [-0.25, -0.2) is 4.39 Å². The highest BCUT2D eigenvalue weighted by Crippen LogP contribution is 2.23. The summed E-state index contributed by atoms with van der Waals surface area (Å²) < 4.78 is 13.0. The Kier molecular flexibility index (Phi) is 4.43. The fraction of sp³-hybridized carbons (Fsp3) is 0.562. The standard InChI is InChI=1S/C16H23FN2O/c1-16(2,13-4-6-14(17)7-5-13)11-18-15(20)12-8-9-19(3)10-12/h4-7,12H,8-11H2,1-3H3,(H,18,20). The van der Waals surface area contributed by atoms with Gasteiger partial charge in [0.2, 0.25) is 5.91 Å². The van der Waals surface area contributed by atoms with Crippen molar-refractivity contribution in [2.75, 3.05) is 26.7 Å². The van der Waals surface area contributed by atoms with E-state index in [0.717, 1.165) is 25.1 Å². The van der Waals surface area contributed by atoms with Gasteiger partial charge in [-0.15, -0.1) is 0 Å². The number of benzene rings is 1. The molecule has 1 aromatic rings. The summed E-state index contributed by atoms with van der Waals surface area (Å²) in [5.74, 6) is -0.00358. The average Bonchev–Trinajstić information content (AvgIpc) is 2.83. The summed E-state index contributed by atoms with van der Waals surface area (Å²) in [6, 6.07) is 6.49. The molecule has 4 heteroatoms. The fourth-order valence-electron chi connectivity index (χ4n) is 2.60. The molecule has 0 bridgehead atoms. The molecule has 2 rings (SSSR count). The van der Waals surface area contributed by atoms with Crippen LogP contribution in [0.25, 0.3) is 0 Å². The lowest BCUT2D eigenvalue weighted by atomic mass is 9.84. The highest BCUT2D eigenvalue weighted by Gasteiger charge is 2.28. The molecule has 1 fully saturated rings.